The van der Waals surface area contributed by atoms with Crippen LogP contribution in [0.5, 0.6) is 0 Å². The van der Waals surface area contributed by atoms with Crippen LogP contribution in [0.2, 0.25) is 0 Å². The van der Waals surface area contributed by atoms with E-state index in [0.717, 1.165) is 19.3 Å². The lowest BCUT2D eigenvalue weighted by Crippen LogP contribution is -2.50. The van der Waals surface area contributed by atoms with Crippen molar-refractivity contribution in [2.75, 3.05) is 34.4 Å². The number of nitrogens with one attached hydrogen (secondary N) is 1. The van der Waals surface area contributed by atoms with E-state index in [1.165, 1.54) is 7.11 Å². The molecule has 6 atom stereocenters. The molecular formula is C22H40N2O6. The molecule has 174 valence electrons. The number of carbonyl (C=O) groups is 3. The summed E-state index contributed by atoms with van der Waals surface area (Å²) in [4.78, 5) is 38.8. The zero-order valence-electron chi connectivity index (χ0n) is 19.6. The molecule has 1 heterocycles. The third-order valence-electron chi connectivity index (χ3n) is 6.62. The third-order valence-corrected chi connectivity index (χ3v) is 6.62. The second kappa shape index (κ2) is 12.9. The molecule has 0 aromatic carbocycles. The van der Waals surface area contributed by atoms with Crippen molar-refractivity contribution < 1.29 is 28.6 Å². The number of methoxy groups -OCH3 is 3. The normalized spacial score (nSPS) is 21.4. The topological polar surface area (TPSA) is 94.2 Å². The summed E-state index contributed by atoms with van der Waals surface area (Å²) >= 11 is 0. The summed E-state index contributed by atoms with van der Waals surface area (Å²) in [6, 6.07) is -0.183. The molecule has 0 aliphatic carbocycles. The lowest BCUT2D eigenvalue weighted by molar-refractivity contribution is -0.144. The smallest absolute Gasteiger partial charge is 0.325 e. The lowest BCUT2D eigenvalue weighted by Gasteiger charge is -2.35. The Balaban J connectivity index is 2.82. The Morgan fingerprint density at radius 1 is 1.10 bits per heavy atom. The largest absolute Gasteiger partial charge is 0.468 e. The van der Waals surface area contributed by atoms with Crippen LogP contribution in [0.25, 0.3) is 0 Å². The first-order chi connectivity index (χ1) is 14.2. The molecule has 1 rings (SSSR count). The molecule has 8 nitrogen and oxygen atoms in total. The Morgan fingerprint density at radius 2 is 1.77 bits per heavy atom. The Bertz CT molecular complexity index is 570. The molecular weight excluding hydrogens is 388 g/mol. The number of likely N-dealkylation sites (tertiary alicyclic amines) is 1. The van der Waals surface area contributed by atoms with Gasteiger partial charge in [-0.2, -0.15) is 0 Å². The minimum absolute atomic E-state index is 0.0312. The van der Waals surface area contributed by atoms with Gasteiger partial charge < -0.3 is 24.4 Å². The van der Waals surface area contributed by atoms with Crippen molar-refractivity contribution in [1.29, 1.82) is 0 Å². The van der Waals surface area contributed by atoms with Crippen molar-refractivity contribution in [2.24, 2.45) is 17.8 Å². The van der Waals surface area contributed by atoms with Crippen LogP contribution < -0.4 is 5.32 Å². The number of esters is 1. The summed E-state index contributed by atoms with van der Waals surface area (Å²) in [5.41, 5.74) is 0. The quantitative estimate of drug-likeness (QED) is 0.478. The first kappa shape index (κ1) is 26.4. The molecule has 6 unspecified atom stereocenters. The van der Waals surface area contributed by atoms with Crippen molar-refractivity contribution >= 4 is 17.8 Å². The van der Waals surface area contributed by atoms with E-state index in [1.807, 2.05) is 4.90 Å². The molecule has 0 spiro atoms. The van der Waals surface area contributed by atoms with Crippen molar-refractivity contribution in [3.63, 3.8) is 0 Å². The highest BCUT2D eigenvalue weighted by Crippen LogP contribution is 2.29. The van der Waals surface area contributed by atoms with Gasteiger partial charge in [0.25, 0.3) is 0 Å². The van der Waals surface area contributed by atoms with Crippen LogP contribution in [-0.4, -0.2) is 75.4 Å². The fourth-order valence-electron chi connectivity index (χ4n) is 4.19. The molecule has 1 aliphatic heterocycles. The molecule has 0 saturated carbocycles. The van der Waals surface area contributed by atoms with Crippen LogP contribution >= 0.6 is 0 Å². The molecule has 1 N–H and O–H groups in total. The summed E-state index contributed by atoms with van der Waals surface area (Å²) in [6.45, 7) is 8.66. The van der Waals surface area contributed by atoms with Gasteiger partial charge in [-0.3, -0.25) is 14.4 Å². The minimum Gasteiger partial charge on any atom is -0.468 e. The van der Waals surface area contributed by atoms with E-state index in [1.54, 1.807) is 21.1 Å². The average molecular weight is 429 g/mol. The van der Waals surface area contributed by atoms with Crippen LogP contribution in [0.4, 0.5) is 0 Å². The zero-order valence-corrected chi connectivity index (χ0v) is 19.6. The Labute approximate surface area is 181 Å². The van der Waals surface area contributed by atoms with Crippen LogP contribution in [0.1, 0.15) is 53.4 Å². The molecule has 8 heteroatoms. The summed E-state index contributed by atoms with van der Waals surface area (Å²) in [5, 5.41) is 2.57. The maximum Gasteiger partial charge on any atom is 0.325 e. The highest BCUT2D eigenvalue weighted by molar-refractivity contribution is 5.84. The molecule has 0 radical (unpaired) electrons. The molecule has 0 aromatic heterocycles. The van der Waals surface area contributed by atoms with Crippen LogP contribution in [-0.2, 0) is 28.6 Å². The fourth-order valence-corrected chi connectivity index (χ4v) is 4.19. The summed E-state index contributed by atoms with van der Waals surface area (Å²) in [7, 11) is 4.48. The molecule has 1 fully saturated rings. The van der Waals surface area contributed by atoms with E-state index in [2.05, 4.69) is 30.8 Å². The van der Waals surface area contributed by atoms with E-state index >= 15 is 0 Å². The number of nitrogens with zero attached hydrogens (tertiary/aromatic N) is 1. The van der Waals surface area contributed by atoms with Gasteiger partial charge >= 0.3 is 5.97 Å². The van der Waals surface area contributed by atoms with E-state index in [9.17, 15) is 14.4 Å². The number of ether oxygens (including phenoxy) is 3. The predicted octanol–water partition coefficient (Wildman–Crippen LogP) is 2.01. The van der Waals surface area contributed by atoms with Gasteiger partial charge in [0.05, 0.1) is 37.7 Å². The van der Waals surface area contributed by atoms with Crippen LogP contribution in [0.15, 0.2) is 0 Å². The highest BCUT2D eigenvalue weighted by atomic mass is 16.5. The van der Waals surface area contributed by atoms with Gasteiger partial charge in [0.2, 0.25) is 11.8 Å². The minimum atomic E-state index is -0.518. The molecule has 0 aromatic rings. The highest BCUT2D eigenvalue weighted by Gasteiger charge is 2.40. The van der Waals surface area contributed by atoms with Gasteiger partial charge in [0, 0.05) is 20.8 Å². The van der Waals surface area contributed by atoms with Crippen molar-refractivity contribution in [2.45, 2.75) is 71.6 Å². The number of carbonyl (C=O) groups excluding carboxylic acids is 3. The number of hydrogen-bond donors (Lipinski definition) is 1. The second-order valence-corrected chi connectivity index (χ2v) is 8.30. The number of rotatable bonds is 12. The molecule has 30 heavy (non-hydrogen) atoms. The average Bonchev–Trinajstić information content (AvgIpc) is 3.24. The standard InChI is InChI=1S/C22H40N2O6/c1-8-14(2)15(3)18(28-5)12-19(25)24-11-9-10-17(24)21(30-7)16(4)22(27)23-13-20(26)29-6/h14-18,21H,8-13H2,1-7H3,(H,23,27). The van der Waals surface area contributed by atoms with Crippen LogP contribution in [0, 0.1) is 17.8 Å². The number of amides is 2. The maximum atomic E-state index is 13.1. The fraction of sp³-hybridized carbons (Fsp3) is 0.864. The summed E-state index contributed by atoms with van der Waals surface area (Å²) in [6.07, 6.45) is 2.39. The number of hydrogen-bond acceptors (Lipinski definition) is 6. The first-order valence-electron chi connectivity index (χ1n) is 10.9. The van der Waals surface area contributed by atoms with Crippen LogP contribution in [0.3, 0.4) is 0 Å². The first-order valence-corrected chi connectivity index (χ1v) is 10.9. The second-order valence-electron chi connectivity index (χ2n) is 8.30. The van der Waals surface area contributed by atoms with Gasteiger partial charge in [-0.05, 0) is 24.7 Å². The summed E-state index contributed by atoms with van der Waals surface area (Å²) < 4.78 is 15.9. The Kier molecular flexibility index (Phi) is 11.3. The van der Waals surface area contributed by atoms with E-state index in [4.69, 9.17) is 9.47 Å². The van der Waals surface area contributed by atoms with E-state index in [0.29, 0.717) is 18.9 Å². The van der Waals surface area contributed by atoms with E-state index in [-0.39, 0.29) is 36.4 Å². The zero-order chi connectivity index (χ0) is 22.8. The predicted molar refractivity (Wildman–Crippen MR) is 114 cm³/mol. The van der Waals surface area contributed by atoms with Crippen molar-refractivity contribution in [1.82, 2.24) is 10.2 Å². The van der Waals surface area contributed by atoms with Crippen molar-refractivity contribution in [3.8, 4) is 0 Å². The molecule has 1 aliphatic rings. The van der Waals surface area contributed by atoms with Crippen molar-refractivity contribution in [3.05, 3.63) is 0 Å². The Hall–Kier alpha value is -1.67. The van der Waals surface area contributed by atoms with Gasteiger partial charge in [-0.1, -0.05) is 34.1 Å². The molecule has 1 saturated heterocycles. The monoisotopic (exact) mass is 428 g/mol. The SMILES string of the molecule is CCC(C)C(C)C(CC(=O)N1CCCC1C(OC)C(C)C(=O)NCC(=O)OC)OC. The van der Waals surface area contributed by atoms with E-state index < -0.39 is 18.0 Å². The van der Waals surface area contributed by atoms with Gasteiger partial charge in [-0.25, -0.2) is 0 Å². The third kappa shape index (κ3) is 6.94. The maximum absolute atomic E-state index is 13.1. The molecule has 2 amide bonds. The lowest BCUT2D eigenvalue weighted by atomic mass is 9.87. The summed E-state index contributed by atoms with van der Waals surface area (Å²) in [5.74, 6) is -0.567. The van der Waals surface area contributed by atoms with Gasteiger partial charge in [-0.15, -0.1) is 0 Å². The van der Waals surface area contributed by atoms with Gasteiger partial charge in [0.1, 0.15) is 6.54 Å². The Morgan fingerprint density at radius 3 is 2.30 bits per heavy atom. The van der Waals surface area contributed by atoms with Gasteiger partial charge in [0.15, 0.2) is 0 Å². The molecule has 0 bridgehead atoms.